The number of nitrogens with one attached hydrogen (secondary N) is 4. The Kier molecular flexibility index (Phi) is 8.94. The minimum absolute atomic E-state index is 0.00720. The number of rotatable bonds is 11. The van der Waals surface area contributed by atoms with Crippen LogP contribution in [-0.2, 0) is 25.6 Å². The van der Waals surface area contributed by atoms with Gasteiger partial charge in [-0.2, -0.15) is 0 Å². The van der Waals surface area contributed by atoms with Crippen molar-refractivity contribution in [2.45, 2.75) is 51.4 Å². The van der Waals surface area contributed by atoms with Gasteiger partial charge in [0.1, 0.15) is 18.1 Å². The lowest BCUT2D eigenvalue weighted by Gasteiger charge is -2.27. The zero-order valence-corrected chi connectivity index (χ0v) is 18.8. The molecule has 11 heteroatoms. The van der Waals surface area contributed by atoms with Crippen LogP contribution in [0.15, 0.2) is 30.5 Å². The molecule has 1 aromatic carbocycles. The number of carboxylic acid groups (broad SMARTS) is 1. The lowest BCUT2D eigenvalue weighted by molar-refractivity contribution is -0.143. The van der Waals surface area contributed by atoms with E-state index in [-0.39, 0.29) is 18.9 Å². The van der Waals surface area contributed by atoms with Crippen LogP contribution in [0.25, 0.3) is 10.9 Å². The Labute approximate surface area is 191 Å². The van der Waals surface area contributed by atoms with Crippen molar-refractivity contribution in [1.82, 2.24) is 20.9 Å². The number of benzene rings is 1. The highest BCUT2D eigenvalue weighted by atomic mass is 16.4. The van der Waals surface area contributed by atoms with Gasteiger partial charge in [0, 0.05) is 23.5 Å². The molecule has 0 saturated carbocycles. The van der Waals surface area contributed by atoms with Gasteiger partial charge in [-0.05, 0) is 24.5 Å². The summed E-state index contributed by atoms with van der Waals surface area (Å²) < 4.78 is 0. The zero-order chi connectivity index (χ0) is 24.7. The van der Waals surface area contributed by atoms with Crippen molar-refractivity contribution in [3.05, 3.63) is 36.0 Å². The summed E-state index contributed by atoms with van der Waals surface area (Å²) in [6, 6.07) is 3.63. The monoisotopic (exact) mass is 461 g/mol. The second kappa shape index (κ2) is 11.4. The lowest BCUT2D eigenvalue weighted by atomic mass is 10.0. The van der Waals surface area contributed by atoms with Gasteiger partial charge in [0.25, 0.3) is 0 Å². The van der Waals surface area contributed by atoms with Gasteiger partial charge in [-0.15, -0.1) is 0 Å². The number of hydrogen-bond donors (Lipinski definition) is 7. The van der Waals surface area contributed by atoms with E-state index in [1.165, 1.54) is 6.92 Å². The van der Waals surface area contributed by atoms with Gasteiger partial charge in [-0.25, -0.2) is 4.79 Å². The van der Waals surface area contributed by atoms with Crippen molar-refractivity contribution in [2.75, 3.05) is 6.54 Å². The highest BCUT2D eigenvalue weighted by molar-refractivity contribution is 5.94. The Balaban J connectivity index is 2.15. The average Bonchev–Trinajstić information content (AvgIpc) is 3.17. The van der Waals surface area contributed by atoms with Crippen molar-refractivity contribution >= 4 is 34.6 Å². The Morgan fingerprint density at radius 2 is 1.64 bits per heavy atom. The van der Waals surface area contributed by atoms with Crippen LogP contribution in [0.2, 0.25) is 0 Å². The molecule has 0 saturated heterocycles. The van der Waals surface area contributed by atoms with Gasteiger partial charge in [-0.3, -0.25) is 14.4 Å². The number of carbonyl (C=O) groups excluding carboxylic acids is 3. The summed E-state index contributed by atoms with van der Waals surface area (Å²) in [5, 5.41) is 27.8. The third-order valence-corrected chi connectivity index (χ3v) is 5.23. The molecule has 0 radical (unpaired) electrons. The molecule has 4 atom stereocenters. The number of hydrogen-bond acceptors (Lipinski definition) is 6. The Morgan fingerprint density at radius 1 is 1.00 bits per heavy atom. The van der Waals surface area contributed by atoms with Crippen molar-refractivity contribution in [3.63, 3.8) is 0 Å². The molecule has 0 bridgehead atoms. The topological polar surface area (TPSA) is 187 Å². The maximum absolute atomic E-state index is 12.8. The minimum Gasteiger partial charge on any atom is -0.480 e. The van der Waals surface area contributed by atoms with E-state index >= 15 is 0 Å². The van der Waals surface area contributed by atoms with E-state index < -0.39 is 47.9 Å². The molecule has 0 aliphatic heterocycles. The van der Waals surface area contributed by atoms with Gasteiger partial charge in [0.15, 0.2) is 0 Å². The molecule has 180 valence electrons. The van der Waals surface area contributed by atoms with Crippen molar-refractivity contribution in [1.29, 1.82) is 0 Å². The highest BCUT2D eigenvalue weighted by Crippen LogP contribution is 2.19. The molecule has 1 aromatic heterocycles. The number of H-pyrrole nitrogens is 1. The smallest absolute Gasteiger partial charge is 0.326 e. The number of aliphatic hydroxyl groups is 1. The number of aliphatic carboxylic acids is 1. The van der Waals surface area contributed by atoms with Crippen LogP contribution < -0.4 is 21.7 Å². The predicted molar refractivity (Wildman–Crippen MR) is 121 cm³/mol. The first-order valence-corrected chi connectivity index (χ1v) is 10.6. The molecular formula is C22H31N5O6. The summed E-state index contributed by atoms with van der Waals surface area (Å²) in [6.45, 7) is 4.37. The van der Waals surface area contributed by atoms with E-state index in [9.17, 15) is 29.4 Å². The first kappa shape index (κ1) is 25.8. The molecule has 2 rings (SSSR count). The Hall–Kier alpha value is -3.44. The molecule has 4 unspecified atom stereocenters. The number of carboxylic acids is 1. The molecular weight excluding hydrogens is 430 g/mol. The van der Waals surface area contributed by atoms with Crippen molar-refractivity contribution < 1.29 is 29.4 Å². The highest BCUT2D eigenvalue weighted by Gasteiger charge is 2.33. The quantitative estimate of drug-likeness (QED) is 0.229. The van der Waals surface area contributed by atoms with Gasteiger partial charge in [-0.1, -0.05) is 32.0 Å². The van der Waals surface area contributed by atoms with Crippen LogP contribution in [0.4, 0.5) is 0 Å². The molecule has 0 fully saturated rings. The third-order valence-electron chi connectivity index (χ3n) is 5.23. The van der Waals surface area contributed by atoms with Gasteiger partial charge in [0.2, 0.25) is 17.7 Å². The summed E-state index contributed by atoms with van der Waals surface area (Å²) in [6.07, 6.45) is 0.343. The fraction of sp³-hybridized carbons (Fsp3) is 0.455. The van der Waals surface area contributed by atoms with E-state index in [1.54, 1.807) is 20.0 Å². The number of aromatic amines is 1. The SMILES string of the molecule is CC(C)C(NC(=O)CN)C(=O)NC(C(=O)NC(Cc1c[nH]c2ccccc12)C(=O)O)C(C)O. The molecule has 11 nitrogen and oxygen atoms in total. The van der Waals surface area contributed by atoms with E-state index in [1.807, 2.05) is 24.3 Å². The molecule has 2 aromatic rings. The fourth-order valence-corrected chi connectivity index (χ4v) is 3.40. The number of amides is 3. The van der Waals surface area contributed by atoms with Crippen molar-refractivity contribution in [3.8, 4) is 0 Å². The fourth-order valence-electron chi connectivity index (χ4n) is 3.40. The number of carbonyl (C=O) groups is 4. The number of aliphatic hydroxyl groups excluding tert-OH is 1. The second-order valence-electron chi connectivity index (χ2n) is 8.18. The summed E-state index contributed by atoms with van der Waals surface area (Å²) in [5.74, 6) is -3.70. The summed E-state index contributed by atoms with van der Waals surface area (Å²) in [5.41, 5.74) is 6.81. The van der Waals surface area contributed by atoms with Crippen LogP contribution >= 0.6 is 0 Å². The number of fused-ring (bicyclic) bond motifs is 1. The number of para-hydroxylation sites is 1. The van der Waals surface area contributed by atoms with E-state index in [2.05, 4.69) is 20.9 Å². The van der Waals surface area contributed by atoms with Crippen LogP contribution in [0, 0.1) is 5.92 Å². The summed E-state index contributed by atoms with van der Waals surface area (Å²) in [7, 11) is 0. The molecule has 0 aliphatic carbocycles. The second-order valence-corrected chi connectivity index (χ2v) is 8.18. The van der Waals surface area contributed by atoms with Crippen LogP contribution in [0.1, 0.15) is 26.3 Å². The molecule has 8 N–H and O–H groups in total. The minimum atomic E-state index is -1.43. The van der Waals surface area contributed by atoms with Crippen LogP contribution in [0.3, 0.4) is 0 Å². The van der Waals surface area contributed by atoms with Gasteiger partial charge >= 0.3 is 5.97 Å². The summed E-state index contributed by atoms with van der Waals surface area (Å²) >= 11 is 0. The number of nitrogens with two attached hydrogens (primary N) is 1. The Bertz CT molecular complexity index is 1000. The Morgan fingerprint density at radius 3 is 2.21 bits per heavy atom. The van der Waals surface area contributed by atoms with Crippen molar-refractivity contribution in [2.24, 2.45) is 11.7 Å². The third kappa shape index (κ3) is 6.77. The maximum atomic E-state index is 12.8. The maximum Gasteiger partial charge on any atom is 0.326 e. The van der Waals surface area contributed by atoms with Gasteiger partial charge in [0.05, 0.1) is 12.6 Å². The molecule has 0 spiro atoms. The van der Waals surface area contributed by atoms with Crippen LogP contribution in [-0.4, -0.2) is 69.7 Å². The van der Waals surface area contributed by atoms with E-state index in [0.717, 1.165) is 10.9 Å². The first-order chi connectivity index (χ1) is 15.5. The summed E-state index contributed by atoms with van der Waals surface area (Å²) in [4.78, 5) is 52.1. The predicted octanol–water partition coefficient (Wildman–Crippen LogP) is -0.755. The average molecular weight is 462 g/mol. The zero-order valence-electron chi connectivity index (χ0n) is 18.8. The normalized spacial score (nSPS) is 14.8. The first-order valence-electron chi connectivity index (χ1n) is 10.6. The van der Waals surface area contributed by atoms with Crippen LogP contribution in [0.5, 0.6) is 0 Å². The largest absolute Gasteiger partial charge is 0.480 e. The van der Waals surface area contributed by atoms with E-state index in [4.69, 9.17) is 5.73 Å². The molecule has 33 heavy (non-hydrogen) atoms. The molecule has 0 aliphatic rings. The standard InChI is InChI=1S/C22H31N5O6/c1-11(2)18(26-17(29)9-23)20(30)27-19(12(3)28)21(31)25-16(22(32)33)8-13-10-24-15-7-5-4-6-14(13)15/h4-7,10-12,16,18-19,24,28H,8-9,23H2,1-3H3,(H,25,31)(H,26,29)(H,27,30)(H,32,33). The lowest BCUT2D eigenvalue weighted by Crippen LogP contribution is -2.60. The van der Waals surface area contributed by atoms with E-state index in [0.29, 0.717) is 5.56 Å². The number of aromatic nitrogens is 1. The van der Waals surface area contributed by atoms with Gasteiger partial charge < -0.3 is 36.9 Å². The molecule has 3 amide bonds. The molecule has 1 heterocycles.